The fourth-order valence-corrected chi connectivity index (χ4v) is 6.03. The smallest absolute Gasteiger partial charge is 0.338 e. The minimum Gasteiger partial charge on any atom is -0.452 e. The highest BCUT2D eigenvalue weighted by Gasteiger charge is 2.48. The molecule has 4 atom stereocenters. The number of carbonyl (C=O) groups excluding carboxylic acids is 3. The average molecular weight is 625 g/mol. The molecular formula is C37H36O7S. The second kappa shape index (κ2) is 14.1. The molecule has 1 fully saturated rings. The molecule has 1 unspecified atom stereocenters. The summed E-state index contributed by atoms with van der Waals surface area (Å²) in [6.45, 7) is 8.33. The monoisotopic (exact) mass is 624 g/mol. The number of thioether (sulfide) groups is 1. The van der Waals surface area contributed by atoms with Gasteiger partial charge in [0.05, 0.1) is 23.3 Å². The second-order valence-corrected chi connectivity index (χ2v) is 13.0. The van der Waals surface area contributed by atoms with Crippen LogP contribution in [0.1, 0.15) is 63.0 Å². The van der Waals surface area contributed by atoms with E-state index in [1.165, 1.54) is 11.8 Å². The van der Waals surface area contributed by atoms with Crippen molar-refractivity contribution in [3.63, 3.8) is 0 Å². The van der Waals surface area contributed by atoms with Gasteiger partial charge in [0.1, 0.15) is 5.44 Å². The standard InChI is InChI=1S/C37H36O7S/c1-24-20-21-28(37(2,3)4)22-30(24)45-36-32(44-35(40)27-18-12-7-13-19-27)31(43-34(39)26-16-10-6-11-17-26)29(23-41-36)42-33(38)25-14-8-5-9-15-25/h5-22,29,31-32,36H,23H2,1-4H3/t29-,31+,32-,36?/m1/s1. The predicted octanol–water partition coefficient (Wildman–Crippen LogP) is 7.42. The number of esters is 3. The summed E-state index contributed by atoms with van der Waals surface area (Å²) in [6, 6.07) is 31.8. The minimum absolute atomic E-state index is 0.0830. The van der Waals surface area contributed by atoms with Crippen LogP contribution in [-0.4, -0.2) is 48.3 Å². The van der Waals surface area contributed by atoms with Crippen molar-refractivity contribution in [3.05, 3.63) is 137 Å². The summed E-state index contributed by atoms with van der Waals surface area (Å²) in [6.07, 6.45) is -3.36. The van der Waals surface area contributed by atoms with Crippen molar-refractivity contribution in [2.75, 3.05) is 6.61 Å². The topological polar surface area (TPSA) is 88.1 Å². The number of carbonyl (C=O) groups is 3. The van der Waals surface area contributed by atoms with E-state index in [9.17, 15) is 14.4 Å². The van der Waals surface area contributed by atoms with E-state index < -0.39 is 41.7 Å². The molecule has 0 aromatic heterocycles. The van der Waals surface area contributed by atoms with Gasteiger partial charge >= 0.3 is 17.9 Å². The molecule has 45 heavy (non-hydrogen) atoms. The van der Waals surface area contributed by atoms with E-state index in [1.54, 1.807) is 91.0 Å². The number of hydrogen-bond donors (Lipinski definition) is 0. The van der Waals surface area contributed by atoms with Crippen LogP contribution in [-0.2, 0) is 24.4 Å². The Hall–Kier alpha value is -4.40. The highest BCUT2D eigenvalue weighted by atomic mass is 32.2. The first-order valence-electron chi connectivity index (χ1n) is 14.8. The third kappa shape index (κ3) is 8.01. The molecule has 1 aliphatic heterocycles. The molecular weight excluding hydrogens is 588 g/mol. The van der Waals surface area contributed by atoms with Crippen molar-refractivity contribution in [3.8, 4) is 0 Å². The van der Waals surface area contributed by atoms with E-state index >= 15 is 0 Å². The Labute approximate surface area is 267 Å². The van der Waals surface area contributed by atoms with E-state index in [4.69, 9.17) is 18.9 Å². The molecule has 8 heteroatoms. The molecule has 4 aromatic carbocycles. The third-order valence-electron chi connectivity index (χ3n) is 7.45. The van der Waals surface area contributed by atoms with Crippen LogP contribution in [0.4, 0.5) is 0 Å². The summed E-state index contributed by atoms with van der Waals surface area (Å²) >= 11 is 1.38. The summed E-state index contributed by atoms with van der Waals surface area (Å²) in [5.74, 6) is -1.87. The van der Waals surface area contributed by atoms with Crippen LogP contribution < -0.4 is 0 Å². The van der Waals surface area contributed by atoms with Gasteiger partial charge in [0.2, 0.25) is 0 Å². The summed E-state index contributed by atoms with van der Waals surface area (Å²) in [5, 5.41) is 0. The van der Waals surface area contributed by atoms with Crippen LogP contribution in [0.5, 0.6) is 0 Å². The van der Waals surface area contributed by atoms with E-state index in [0.717, 1.165) is 16.0 Å². The number of hydrogen-bond acceptors (Lipinski definition) is 8. The normalized spacial score (nSPS) is 19.7. The number of aryl methyl sites for hydroxylation is 1. The molecule has 0 N–H and O–H groups in total. The van der Waals surface area contributed by atoms with Gasteiger partial charge in [-0.2, -0.15) is 0 Å². The first-order chi connectivity index (χ1) is 21.6. The van der Waals surface area contributed by atoms with Crippen molar-refractivity contribution in [2.45, 2.75) is 61.8 Å². The molecule has 4 aromatic rings. The minimum atomic E-state index is -1.17. The lowest BCUT2D eigenvalue weighted by atomic mass is 9.87. The first kappa shape index (κ1) is 32.0. The Morgan fingerprint density at radius 2 is 1.13 bits per heavy atom. The van der Waals surface area contributed by atoms with E-state index in [1.807, 2.05) is 13.0 Å². The molecule has 1 aliphatic rings. The molecule has 0 spiro atoms. The van der Waals surface area contributed by atoms with Crippen LogP contribution in [0.25, 0.3) is 0 Å². The largest absolute Gasteiger partial charge is 0.452 e. The highest BCUT2D eigenvalue weighted by Crippen LogP contribution is 2.38. The Bertz CT molecular complexity index is 1620. The maximum atomic E-state index is 13.5. The maximum absolute atomic E-state index is 13.5. The van der Waals surface area contributed by atoms with Crippen molar-refractivity contribution >= 4 is 29.7 Å². The van der Waals surface area contributed by atoms with Crippen molar-refractivity contribution in [1.82, 2.24) is 0 Å². The van der Waals surface area contributed by atoms with Gasteiger partial charge in [-0.25, -0.2) is 14.4 Å². The summed E-state index contributed by atoms with van der Waals surface area (Å²) in [4.78, 5) is 41.0. The Morgan fingerprint density at radius 3 is 1.62 bits per heavy atom. The molecule has 0 aliphatic carbocycles. The van der Waals surface area contributed by atoms with E-state index in [2.05, 4.69) is 32.9 Å². The second-order valence-electron chi connectivity index (χ2n) is 11.8. The van der Waals surface area contributed by atoms with Gasteiger partial charge in [-0.05, 0) is 65.9 Å². The molecule has 1 heterocycles. The Balaban J connectivity index is 1.52. The van der Waals surface area contributed by atoms with Crippen molar-refractivity contribution < 1.29 is 33.3 Å². The predicted molar refractivity (Wildman–Crippen MR) is 172 cm³/mol. The zero-order valence-corrected chi connectivity index (χ0v) is 26.5. The third-order valence-corrected chi connectivity index (χ3v) is 8.78. The van der Waals surface area contributed by atoms with E-state index in [-0.39, 0.29) is 12.0 Å². The Kier molecular flexibility index (Phi) is 10.1. The van der Waals surface area contributed by atoms with Crippen LogP contribution in [0.2, 0.25) is 0 Å². The van der Waals surface area contributed by atoms with Crippen molar-refractivity contribution in [2.24, 2.45) is 0 Å². The molecule has 232 valence electrons. The molecule has 1 saturated heterocycles. The molecule has 7 nitrogen and oxygen atoms in total. The molecule has 0 bridgehead atoms. The fraction of sp³-hybridized carbons (Fsp3) is 0.270. The Morgan fingerprint density at radius 1 is 0.667 bits per heavy atom. The molecule has 0 amide bonds. The summed E-state index contributed by atoms with van der Waals surface area (Å²) < 4.78 is 24.4. The van der Waals surface area contributed by atoms with E-state index in [0.29, 0.717) is 16.7 Å². The van der Waals surface area contributed by atoms with Gasteiger partial charge in [0.15, 0.2) is 18.3 Å². The number of ether oxygens (including phenoxy) is 4. The fourth-order valence-electron chi connectivity index (χ4n) is 4.84. The van der Waals surface area contributed by atoms with Gasteiger partial charge in [-0.1, -0.05) is 99.3 Å². The van der Waals surface area contributed by atoms with Crippen LogP contribution in [0.15, 0.2) is 114 Å². The van der Waals surface area contributed by atoms with Gasteiger partial charge in [0, 0.05) is 4.90 Å². The SMILES string of the molecule is Cc1ccc(C(C)(C)C)cc1SC1OC[C@@H](OC(=O)c2ccccc2)[C@H](OC(=O)c2ccccc2)[C@H]1OC(=O)c1ccccc1. The lowest BCUT2D eigenvalue weighted by molar-refractivity contribution is -0.167. The quantitative estimate of drug-likeness (QED) is 0.148. The van der Waals surface area contributed by atoms with Gasteiger partial charge < -0.3 is 18.9 Å². The first-order valence-corrected chi connectivity index (χ1v) is 15.7. The van der Waals surface area contributed by atoms with Gasteiger partial charge in [-0.15, -0.1) is 0 Å². The number of benzene rings is 4. The molecule has 5 rings (SSSR count). The van der Waals surface area contributed by atoms with Gasteiger partial charge in [-0.3, -0.25) is 0 Å². The average Bonchev–Trinajstić information content (AvgIpc) is 3.05. The zero-order valence-electron chi connectivity index (χ0n) is 25.7. The van der Waals surface area contributed by atoms with Gasteiger partial charge in [0.25, 0.3) is 0 Å². The van der Waals surface area contributed by atoms with Crippen molar-refractivity contribution in [1.29, 1.82) is 0 Å². The zero-order chi connectivity index (χ0) is 32.0. The lowest BCUT2D eigenvalue weighted by Crippen LogP contribution is -2.56. The highest BCUT2D eigenvalue weighted by molar-refractivity contribution is 7.99. The van der Waals surface area contributed by atoms with Crippen LogP contribution in [0, 0.1) is 6.92 Å². The lowest BCUT2D eigenvalue weighted by Gasteiger charge is -2.40. The summed E-state index contributed by atoms with van der Waals surface area (Å²) in [5.41, 5.74) is 2.22. The maximum Gasteiger partial charge on any atom is 0.338 e. The molecule has 0 radical (unpaired) electrons. The van der Waals surface area contributed by atoms with Crippen LogP contribution in [0.3, 0.4) is 0 Å². The molecule has 0 saturated carbocycles. The summed E-state index contributed by atoms with van der Waals surface area (Å²) in [7, 11) is 0. The van der Waals surface area contributed by atoms with Crippen LogP contribution >= 0.6 is 11.8 Å². The number of rotatable bonds is 8.